The van der Waals surface area contributed by atoms with Gasteiger partial charge in [-0.05, 0) is 107 Å². The number of halogens is 2. The zero-order valence-corrected chi connectivity index (χ0v) is 32.2. The van der Waals surface area contributed by atoms with E-state index in [4.69, 9.17) is 21.1 Å². The maximum Gasteiger partial charge on any atom is 0.262 e. The summed E-state index contributed by atoms with van der Waals surface area (Å²) in [6.07, 6.45) is 3.10. The maximum atomic E-state index is 14.3. The lowest BCUT2D eigenvalue weighted by Gasteiger charge is -2.49. The third-order valence-electron chi connectivity index (χ3n) is 9.63. The van der Waals surface area contributed by atoms with Crippen LogP contribution in [0.2, 0.25) is 5.02 Å². The first kappa shape index (κ1) is 36.2. The molecule has 0 bridgehead atoms. The summed E-state index contributed by atoms with van der Waals surface area (Å²) >= 11 is 8.18. The smallest absolute Gasteiger partial charge is 0.262 e. The van der Waals surface area contributed by atoms with Crippen LogP contribution in [0.3, 0.4) is 0 Å². The van der Waals surface area contributed by atoms with Crippen LogP contribution in [0.5, 0.6) is 11.5 Å². The molecule has 3 aromatic carbocycles. The highest BCUT2D eigenvalue weighted by Crippen LogP contribution is 2.55. The molecule has 0 atom stereocenters. The number of nitrogens with zero attached hydrogens (tertiary/aromatic N) is 1. The first-order chi connectivity index (χ1) is 23.7. The highest BCUT2D eigenvalue weighted by Gasteiger charge is 2.49. The van der Waals surface area contributed by atoms with Crippen LogP contribution >= 0.6 is 34.2 Å². The molecule has 0 spiro atoms. The average Bonchev–Trinajstić information content (AvgIpc) is 3.03. The monoisotopic (exact) mass is 806 g/mol. The zero-order chi connectivity index (χ0) is 35.8. The number of carbonyl (C=O) groups is 3. The number of nitrogens with one attached hydrogen (secondary N) is 1. The van der Waals surface area contributed by atoms with Gasteiger partial charge in [0.15, 0.2) is 29.7 Å². The molecule has 0 aromatic heterocycles. The Morgan fingerprint density at radius 3 is 2.06 bits per heavy atom. The van der Waals surface area contributed by atoms with Gasteiger partial charge >= 0.3 is 0 Å². The number of allylic oxidation sites excluding steroid dienone is 4. The molecule has 6 rings (SSSR count). The van der Waals surface area contributed by atoms with Crippen molar-refractivity contribution in [1.29, 1.82) is 0 Å². The van der Waals surface area contributed by atoms with Gasteiger partial charge in [0.25, 0.3) is 5.91 Å². The molecular formula is C41H44ClIN2O5. The fraction of sp³-hybridized carbons (Fsp3) is 0.390. The van der Waals surface area contributed by atoms with Crippen molar-refractivity contribution in [2.24, 2.45) is 10.8 Å². The van der Waals surface area contributed by atoms with Gasteiger partial charge in [-0.25, -0.2) is 0 Å². The van der Waals surface area contributed by atoms with Crippen LogP contribution in [0.25, 0.3) is 0 Å². The van der Waals surface area contributed by atoms with E-state index in [1.165, 1.54) is 5.56 Å². The van der Waals surface area contributed by atoms with Crippen molar-refractivity contribution in [1.82, 2.24) is 4.90 Å². The molecule has 0 radical (unpaired) electrons. The van der Waals surface area contributed by atoms with E-state index >= 15 is 0 Å². The van der Waals surface area contributed by atoms with Crippen molar-refractivity contribution in [3.63, 3.8) is 0 Å². The van der Waals surface area contributed by atoms with Crippen molar-refractivity contribution >= 4 is 57.4 Å². The first-order valence-corrected chi connectivity index (χ1v) is 18.7. The third-order valence-corrected chi connectivity index (χ3v) is 10.7. The number of rotatable bonds is 10. The molecule has 1 N–H and O–H groups in total. The van der Waals surface area contributed by atoms with Crippen LogP contribution in [-0.4, -0.2) is 42.1 Å². The molecule has 262 valence electrons. The summed E-state index contributed by atoms with van der Waals surface area (Å²) < 4.78 is 12.9. The number of hydrogen-bond donors (Lipinski definition) is 1. The molecule has 3 aliphatic rings. The van der Waals surface area contributed by atoms with Crippen LogP contribution in [0.4, 0.5) is 5.69 Å². The fourth-order valence-corrected chi connectivity index (χ4v) is 8.47. The predicted octanol–water partition coefficient (Wildman–Crippen LogP) is 9.29. The molecule has 2 aliphatic carbocycles. The topological polar surface area (TPSA) is 84.9 Å². The van der Waals surface area contributed by atoms with E-state index < -0.39 is 5.92 Å². The van der Waals surface area contributed by atoms with Gasteiger partial charge in [-0.3, -0.25) is 14.4 Å². The standard InChI is InChI=1S/C41H44ClIN2O5/c1-6-49-34-19-26(18-29(43)39(34)50-24-35(48)44-28-14-12-27(42)13-15-28)36-37-30(20-40(2,3)22-32(37)46)45(17-16-25-10-8-7-9-11-25)31-21-41(4,5)23-33(47)38(31)36/h7-15,18-19,36H,6,16-17,20-24H2,1-5H3,(H,44,48). The molecule has 0 saturated carbocycles. The molecule has 1 amide bonds. The van der Waals surface area contributed by atoms with E-state index in [1.807, 2.05) is 25.1 Å². The second kappa shape index (κ2) is 14.5. The molecule has 0 saturated heterocycles. The Labute approximate surface area is 313 Å². The van der Waals surface area contributed by atoms with Crippen LogP contribution < -0.4 is 14.8 Å². The average molecular weight is 807 g/mol. The third kappa shape index (κ3) is 7.81. The Balaban J connectivity index is 1.41. The molecule has 1 aliphatic heterocycles. The molecule has 1 heterocycles. The van der Waals surface area contributed by atoms with Gasteiger partial charge in [-0.2, -0.15) is 0 Å². The van der Waals surface area contributed by atoms with Gasteiger partial charge in [-0.1, -0.05) is 69.6 Å². The summed E-state index contributed by atoms with van der Waals surface area (Å²) in [5.74, 6) is 0.239. The minimum atomic E-state index is -0.518. The molecule has 7 nitrogen and oxygen atoms in total. The molecule has 3 aromatic rings. The van der Waals surface area contributed by atoms with Gasteiger partial charge in [0.1, 0.15) is 0 Å². The predicted molar refractivity (Wildman–Crippen MR) is 206 cm³/mol. The van der Waals surface area contributed by atoms with Crippen LogP contribution in [0.15, 0.2) is 89.3 Å². The van der Waals surface area contributed by atoms with Gasteiger partial charge in [-0.15, -0.1) is 0 Å². The number of carbonyl (C=O) groups excluding carboxylic acids is 3. The summed E-state index contributed by atoms with van der Waals surface area (Å²) in [5, 5.41) is 3.41. The quantitative estimate of drug-likeness (QED) is 0.206. The number of ether oxygens (including phenoxy) is 2. The second-order valence-corrected chi connectivity index (χ2v) is 16.6. The molecule has 0 unspecified atom stereocenters. The number of hydrogen-bond acceptors (Lipinski definition) is 6. The number of amides is 1. The summed E-state index contributed by atoms with van der Waals surface area (Å²) in [4.78, 5) is 43.8. The minimum Gasteiger partial charge on any atom is -0.490 e. The Morgan fingerprint density at radius 2 is 1.48 bits per heavy atom. The minimum absolute atomic E-state index is 0.0855. The fourth-order valence-electron chi connectivity index (χ4n) is 7.56. The van der Waals surface area contributed by atoms with Crippen molar-refractivity contribution in [2.45, 2.75) is 72.6 Å². The van der Waals surface area contributed by atoms with E-state index in [0.29, 0.717) is 48.2 Å². The Morgan fingerprint density at radius 1 is 0.880 bits per heavy atom. The van der Waals surface area contributed by atoms with Crippen LogP contribution in [0, 0.1) is 14.4 Å². The highest BCUT2D eigenvalue weighted by molar-refractivity contribution is 14.1. The lowest BCUT2D eigenvalue weighted by Crippen LogP contribution is -2.45. The van der Waals surface area contributed by atoms with Crippen molar-refractivity contribution in [3.05, 3.63) is 109 Å². The Hall–Kier alpha value is -3.63. The molecule has 0 fully saturated rings. The molecular weight excluding hydrogens is 763 g/mol. The first-order valence-electron chi connectivity index (χ1n) is 17.2. The lowest BCUT2D eigenvalue weighted by atomic mass is 9.63. The number of benzene rings is 3. The van der Waals surface area contributed by atoms with Gasteiger partial charge in [0.05, 0.1) is 10.2 Å². The van der Waals surface area contributed by atoms with E-state index in [0.717, 1.165) is 50.9 Å². The number of ketones is 2. The molecule has 50 heavy (non-hydrogen) atoms. The van der Waals surface area contributed by atoms with Crippen molar-refractivity contribution in [3.8, 4) is 11.5 Å². The normalized spacial score (nSPS) is 18.5. The Bertz CT molecular complexity index is 1830. The number of anilines is 1. The Kier molecular flexibility index (Phi) is 10.5. The maximum absolute atomic E-state index is 14.3. The summed E-state index contributed by atoms with van der Waals surface area (Å²) in [7, 11) is 0. The zero-order valence-electron chi connectivity index (χ0n) is 29.3. The SMILES string of the molecule is CCOc1cc(C2C3=C(CC(C)(C)CC3=O)N(CCc3ccccc3)C3=C2C(=O)CC(C)(C)C3)cc(I)c1OCC(=O)Nc1ccc(Cl)cc1. The van der Waals surface area contributed by atoms with Gasteiger partial charge in [0.2, 0.25) is 0 Å². The summed E-state index contributed by atoms with van der Waals surface area (Å²) in [6, 6.07) is 21.1. The summed E-state index contributed by atoms with van der Waals surface area (Å²) in [5.41, 5.74) is 5.72. The van der Waals surface area contributed by atoms with Crippen molar-refractivity contribution in [2.75, 3.05) is 25.1 Å². The highest BCUT2D eigenvalue weighted by atomic mass is 127. The van der Waals surface area contributed by atoms with Crippen LogP contribution in [0.1, 0.15) is 77.3 Å². The molecule has 9 heteroatoms. The second-order valence-electron chi connectivity index (χ2n) is 15.0. The van der Waals surface area contributed by atoms with Gasteiger partial charge < -0.3 is 19.7 Å². The largest absolute Gasteiger partial charge is 0.490 e. The lowest BCUT2D eigenvalue weighted by molar-refractivity contribution is -0.120. The van der Waals surface area contributed by atoms with E-state index in [2.05, 4.69) is 84.8 Å². The summed E-state index contributed by atoms with van der Waals surface area (Å²) in [6.45, 7) is 11.3. The van der Waals surface area contributed by atoms with Crippen molar-refractivity contribution < 1.29 is 23.9 Å². The van der Waals surface area contributed by atoms with E-state index in [9.17, 15) is 14.4 Å². The number of Topliss-reactive ketones (excluding diaryl/α,β-unsaturated/α-hetero) is 2. The van der Waals surface area contributed by atoms with Crippen LogP contribution in [-0.2, 0) is 20.8 Å². The van der Waals surface area contributed by atoms with Gasteiger partial charge in [0, 0.05) is 58.6 Å². The van der Waals surface area contributed by atoms with E-state index in [-0.39, 0.29) is 34.9 Å². The van der Waals surface area contributed by atoms with E-state index in [1.54, 1.807) is 24.3 Å².